The molecule has 0 bridgehead atoms. The van der Waals surface area contributed by atoms with Crippen LogP contribution in [-0.4, -0.2) is 26.2 Å². The van der Waals surface area contributed by atoms with E-state index in [-0.39, 0.29) is 5.41 Å². The Kier molecular flexibility index (Phi) is 7.58. The van der Waals surface area contributed by atoms with Crippen LogP contribution in [0.1, 0.15) is 45.7 Å². The van der Waals surface area contributed by atoms with Gasteiger partial charge in [0.25, 0.3) is 0 Å². The van der Waals surface area contributed by atoms with E-state index in [0.717, 1.165) is 11.1 Å². The molecule has 0 saturated carbocycles. The van der Waals surface area contributed by atoms with Gasteiger partial charge in [0.1, 0.15) is 0 Å². The van der Waals surface area contributed by atoms with Gasteiger partial charge < -0.3 is 18.9 Å². The van der Waals surface area contributed by atoms with Crippen LogP contribution in [0.25, 0.3) is 0 Å². The molecule has 4 rings (SSSR count). The Morgan fingerprint density at radius 1 is 0.514 bits per heavy atom. The average Bonchev–Trinajstić information content (AvgIpc) is 2.93. The Hall–Kier alpha value is -4.58. The molecule has 0 aliphatic carbocycles. The summed E-state index contributed by atoms with van der Waals surface area (Å²) < 4.78 is 21.5. The second kappa shape index (κ2) is 11.0. The van der Waals surface area contributed by atoms with Crippen molar-refractivity contribution in [1.82, 2.24) is 0 Å². The second-order valence-corrected chi connectivity index (χ2v) is 8.86. The van der Waals surface area contributed by atoms with E-state index in [1.165, 1.54) is 14.2 Å². The second-order valence-electron chi connectivity index (χ2n) is 8.86. The van der Waals surface area contributed by atoms with Crippen molar-refractivity contribution in [2.45, 2.75) is 19.3 Å². The van der Waals surface area contributed by atoms with Crippen molar-refractivity contribution in [3.63, 3.8) is 0 Å². The van der Waals surface area contributed by atoms with Crippen LogP contribution in [0.15, 0.2) is 97.1 Å². The molecular weight excluding hydrogens is 468 g/mol. The van der Waals surface area contributed by atoms with Gasteiger partial charge in [-0.25, -0.2) is 9.59 Å². The largest absolute Gasteiger partial charge is 0.493 e. The summed E-state index contributed by atoms with van der Waals surface area (Å²) in [6.45, 7) is 4.16. The minimum Gasteiger partial charge on any atom is -0.493 e. The summed E-state index contributed by atoms with van der Waals surface area (Å²) >= 11 is 0. The van der Waals surface area contributed by atoms with Crippen LogP contribution in [0.2, 0.25) is 0 Å². The topological polar surface area (TPSA) is 71.1 Å². The Labute approximate surface area is 216 Å². The van der Waals surface area contributed by atoms with Gasteiger partial charge in [-0.15, -0.1) is 0 Å². The van der Waals surface area contributed by atoms with E-state index in [0.29, 0.717) is 34.1 Å². The minimum absolute atomic E-state index is 0.365. The van der Waals surface area contributed by atoms with Gasteiger partial charge >= 0.3 is 11.9 Å². The van der Waals surface area contributed by atoms with Crippen molar-refractivity contribution < 1.29 is 28.5 Å². The molecule has 6 heteroatoms. The summed E-state index contributed by atoms with van der Waals surface area (Å²) in [5, 5.41) is 0. The molecule has 4 aromatic rings. The van der Waals surface area contributed by atoms with Crippen LogP contribution >= 0.6 is 0 Å². The van der Waals surface area contributed by atoms with Crippen LogP contribution in [0.5, 0.6) is 23.0 Å². The number of para-hydroxylation sites is 4. The molecule has 0 aromatic heterocycles. The lowest BCUT2D eigenvalue weighted by molar-refractivity contribution is 0.0720. The number of esters is 2. The summed E-state index contributed by atoms with van der Waals surface area (Å²) in [4.78, 5) is 25.3. The fourth-order valence-corrected chi connectivity index (χ4v) is 3.94. The van der Waals surface area contributed by atoms with Gasteiger partial charge in [-0.3, -0.25) is 0 Å². The van der Waals surface area contributed by atoms with E-state index in [4.69, 9.17) is 18.9 Å². The molecule has 37 heavy (non-hydrogen) atoms. The first-order chi connectivity index (χ1) is 17.8. The molecule has 188 valence electrons. The highest BCUT2D eigenvalue weighted by Gasteiger charge is 2.24. The van der Waals surface area contributed by atoms with Crippen LogP contribution in [0.3, 0.4) is 0 Å². The highest BCUT2D eigenvalue weighted by atomic mass is 16.6. The molecular formula is C31H28O6. The summed E-state index contributed by atoms with van der Waals surface area (Å²) in [5.74, 6) is 0.777. The summed E-state index contributed by atoms with van der Waals surface area (Å²) in [5.41, 5.74) is 2.49. The summed E-state index contributed by atoms with van der Waals surface area (Å²) in [6, 6.07) is 28.6. The van der Waals surface area contributed by atoms with E-state index >= 15 is 0 Å². The lowest BCUT2D eigenvalue weighted by Crippen LogP contribution is -2.20. The standard InChI is InChI=1S/C31H28O6/c1-31(2,23-17-13-21(14-18-23)29(32)36-27-11-7-5-9-25(27)34-3)24-19-15-22(16-20-24)30(33)37-28-12-8-6-10-26(28)35-4/h5-20H,1-4H3. The van der Waals surface area contributed by atoms with Crippen molar-refractivity contribution in [3.8, 4) is 23.0 Å². The van der Waals surface area contributed by atoms with E-state index in [2.05, 4.69) is 13.8 Å². The van der Waals surface area contributed by atoms with Crippen LogP contribution < -0.4 is 18.9 Å². The Balaban J connectivity index is 1.46. The van der Waals surface area contributed by atoms with Crippen LogP contribution in [-0.2, 0) is 5.41 Å². The van der Waals surface area contributed by atoms with Gasteiger partial charge in [0.2, 0.25) is 0 Å². The monoisotopic (exact) mass is 496 g/mol. The van der Waals surface area contributed by atoms with Crippen LogP contribution in [0, 0.1) is 0 Å². The Bertz CT molecular complexity index is 1280. The number of hydrogen-bond donors (Lipinski definition) is 0. The maximum Gasteiger partial charge on any atom is 0.343 e. The predicted molar refractivity (Wildman–Crippen MR) is 141 cm³/mol. The van der Waals surface area contributed by atoms with Gasteiger partial charge in [-0.05, 0) is 59.7 Å². The normalized spacial score (nSPS) is 10.9. The molecule has 0 saturated heterocycles. The molecule has 6 nitrogen and oxygen atoms in total. The highest BCUT2D eigenvalue weighted by molar-refractivity contribution is 5.92. The zero-order valence-corrected chi connectivity index (χ0v) is 21.2. The zero-order valence-electron chi connectivity index (χ0n) is 21.2. The minimum atomic E-state index is -0.466. The zero-order chi connectivity index (χ0) is 26.4. The third kappa shape index (κ3) is 5.64. The fraction of sp³-hybridized carbons (Fsp3) is 0.161. The van der Waals surface area contributed by atoms with Crippen molar-refractivity contribution >= 4 is 11.9 Å². The van der Waals surface area contributed by atoms with Gasteiger partial charge in [0, 0.05) is 5.41 Å². The number of rotatable bonds is 8. The third-order valence-electron chi connectivity index (χ3n) is 6.23. The molecule has 4 aromatic carbocycles. The molecule has 0 unspecified atom stereocenters. The maximum absolute atomic E-state index is 12.7. The Morgan fingerprint density at radius 2 is 0.838 bits per heavy atom. The summed E-state index contributed by atoms with van der Waals surface area (Å²) in [6.07, 6.45) is 0. The van der Waals surface area contributed by atoms with Crippen molar-refractivity contribution in [3.05, 3.63) is 119 Å². The molecule has 0 N–H and O–H groups in total. The first-order valence-electron chi connectivity index (χ1n) is 11.7. The van der Waals surface area contributed by atoms with E-state index in [1.54, 1.807) is 60.7 Å². The van der Waals surface area contributed by atoms with Crippen molar-refractivity contribution in [1.29, 1.82) is 0 Å². The van der Waals surface area contributed by atoms with E-state index in [1.807, 2.05) is 36.4 Å². The molecule has 0 aliphatic heterocycles. The first kappa shape index (κ1) is 25.5. The number of carbonyl (C=O) groups is 2. The number of hydrogen-bond acceptors (Lipinski definition) is 6. The Morgan fingerprint density at radius 3 is 1.16 bits per heavy atom. The number of benzene rings is 4. The SMILES string of the molecule is COc1ccccc1OC(=O)c1ccc(C(C)(C)c2ccc(C(=O)Oc3ccccc3OC)cc2)cc1. The molecule has 0 fully saturated rings. The van der Waals surface area contributed by atoms with Gasteiger partial charge in [-0.2, -0.15) is 0 Å². The first-order valence-corrected chi connectivity index (χ1v) is 11.7. The number of ether oxygens (including phenoxy) is 4. The lowest BCUT2D eigenvalue weighted by atomic mass is 9.78. The van der Waals surface area contributed by atoms with E-state index in [9.17, 15) is 9.59 Å². The molecule has 0 radical (unpaired) electrons. The smallest absolute Gasteiger partial charge is 0.343 e. The predicted octanol–water partition coefficient (Wildman–Crippen LogP) is 6.47. The third-order valence-corrected chi connectivity index (χ3v) is 6.23. The number of methoxy groups -OCH3 is 2. The van der Waals surface area contributed by atoms with Gasteiger partial charge in [0.05, 0.1) is 25.3 Å². The maximum atomic E-state index is 12.7. The van der Waals surface area contributed by atoms with E-state index < -0.39 is 11.9 Å². The van der Waals surface area contributed by atoms with Crippen molar-refractivity contribution in [2.24, 2.45) is 0 Å². The molecule has 0 amide bonds. The van der Waals surface area contributed by atoms with Crippen LogP contribution in [0.4, 0.5) is 0 Å². The van der Waals surface area contributed by atoms with Gasteiger partial charge in [0.15, 0.2) is 23.0 Å². The van der Waals surface area contributed by atoms with Crippen molar-refractivity contribution in [2.75, 3.05) is 14.2 Å². The quantitative estimate of drug-likeness (QED) is 0.206. The molecule has 0 spiro atoms. The molecule has 0 heterocycles. The fourth-order valence-electron chi connectivity index (χ4n) is 3.94. The molecule has 0 atom stereocenters. The van der Waals surface area contributed by atoms with Gasteiger partial charge in [-0.1, -0.05) is 62.4 Å². The highest BCUT2D eigenvalue weighted by Crippen LogP contribution is 2.33. The lowest BCUT2D eigenvalue weighted by Gasteiger charge is -2.26. The number of carbonyl (C=O) groups excluding carboxylic acids is 2. The molecule has 0 aliphatic rings. The summed E-state index contributed by atoms with van der Waals surface area (Å²) in [7, 11) is 3.05. The average molecular weight is 497 g/mol.